The Bertz CT molecular complexity index is 711. The molecule has 2 fully saturated rings. The predicted molar refractivity (Wildman–Crippen MR) is 91.4 cm³/mol. The fourth-order valence-electron chi connectivity index (χ4n) is 4.50. The molecule has 5 heteroatoms. The lowest BCUT2D eigenvalue weighted by Crippen LogP contribution is -2.43. The first-order valence-electron chi connectivity index (χ1n) is 8.29. The topological polar surface area (TPSA) is 64.6 Å². The summed E-state index contributed by atoms with van der Waals surface area (Å²) in [5, 5.41) is 2.99. The number of methoxy groups -OCH3 is 2. The van der Waals surface area contributed by atoms with Gasteiger partial charge in [-0.05, 0) is 30.4 Å². The van der Waals surface area contributed by atoms with E-state index >= 15 is 0 Å². The van der Waals surface area contributed by atoms with Crippen molar-refractivity contribution in [2.75, 3.05) is 19.5 Å². The zero-order valence-corrected chi connectivity index (χ0v) is 15.0. The van der Waals surface area contributed by atoms with E-state index in [1.807, 2.05) is 6.92 Å². The highest BCUT2D eigenvalue weighted by molar-refractivity contribution is 6.05. The van der Waals surface area contributed by atoms with Crippen LogP contribution in [-0.4, -0.2) is 25.9 Å². The first-order valence-corrected chi connectivity index (χ1v) is 8.29. The number of nitrogens with one attached hydrogen (secondary N) is 1. The monoisotopic (exact) mass is 331 g/mol. The Kier molecular flexibility index (Phi) is 3.66. The molecule has 24 heavy (non-hydrogen) atoms. The smallest absolute Gasteiger partial charge is 0.231 e. The van der Waals surface area contributed by atoms with Gasteiger partial charge < -0.3 is 14.8 Å². The van der Waals surface area contributed by atoms with Crippen molar-refractivity contribution >= 4 is 17.4 Å². The van der Waals surface area contributed by atoms with Crippen molar-refractivity contribution in [3.05, 3.63) is 18.2 Å². The number of benzene rings is 1. The van der Waals surface area contributed by atoms with Gasteiger partial charge in [-0.15, -0.1) is 0 Å². The third-order valence-corrected chi connectivity index (χ3v) is 6.80. The van der Waals surface area contributed by atoms with Gasteiger partial charge in [0.15, 0.2) is 0 Å². The van der Waals surface area contributed by atoms with Gasteiger partial charge in [0.2, 0.25) is 5.91 Å². The van der Waals surface area contributed by atoms with Crippen molar-refractivity contribution < 1.29 is 19.1 Å². The lowest BCUT2D eigenvalue weighted by atomic mass is 9.64. The zero-order chi connectivity index (χ0) is 17.8. The summed E-state index contributed by atoms with van der Waals surface area (Å²) in [5.74, 6) is 1.32. The number of ketones is 1. The van der Waals surface area contributed by atoms with Crippen molar-refractivity contribution in [2.24, 2.45) is 16.2 Å². The van der Waals surface area contributed by atoms with E-state index in [-0.39, 0.29) is 17.1 Å². The summed E-state index contributed by atoms with van der Waals surface area (Å²) in [6.45, 7) is 6.11. The molecule has 1 aromatic carbocycles. The number of Topliss-reactive ketones (excluding diaryl/α,β-unsaturated/α-hetero) is 1. The van der Waals surface area contributed by atoms with Crippen LogP contribution in [0.15, 0.2) is 18.2 Å². The molecule has 0 aromatic heterocycles. The molecule has 1 aromatic rings. The maximum atomic E-state index is 13.2. The average Bonchev–Trinajstić information content (AvgIpc) is 2.85. The van der Waals surface area contributed by atoms with Crippen molar-refractivity contribution in [1.82, 2.24) is 0 Å². The Balaban J connectivity index is 1.93. The number of rotatable bonds is 4. The van der Waals surface area contributed by atoms with Crippen LogP contribution in [0.2, 0.25) is 0 Å². The minimum Gasteiger partial charge on any atom is -0.497 e. The molecular formula is C19H25NO4. The van der Waals surface area contributed by atoms with Crippen LogP contribution in [0.25, 0.3) is 0 Å². The molecule has 2 aliphatic carbocycles. The van der Waals surface area contributed by atoms with Crippen molar-refractivity contribution in [1.29, 1.82) is 0 Å². The van der Waals surface area contributed by atoms with Gasteiger partial charge in [-0.3, -0.25) is 9.59 Å². The molecule has 0 radical (unpaired) electrons. The molecular weight excluding hydrogens is 306 g/mol. The number of amides is 1. The van der Waals surface area contributed by atoms with Gasteiger partial charge in [0, 0.05) is 17.9 Å². The molecule has 2 bridgehead atoms. The zero-order valence-electron chi connectivity index (χ0n) is 15.0. The summed E-state index contributed by atoms with van der Waals surface area (Å²) in [5.41, 5.74) is -0.819. The Morgan fingerprint density at radius 2 is 1.83 bits per heavy atom. The highest BCUT2D eigenvalue weighted by Gasteiger charge is 2.72. The minimum absolute atomic E-state index is 0.0921. The fourth-order valence-corrected chi connectivity index (χ4v) is 4.50. The summed E-state index contributed by atoms with van der Waals surface area (Å²) < 4.78 is 10.5. The second-order valence-electron chi connectivity index (χ2n) is 7.66. The van der Waals surface area contributed by atoms with Crippen LogP contribution < -0.4 is 14.8 Å². The molecule has 0 spiro atoms. The summed E-state index contributed by atoms with van der Waals surface area (Å²) >= 11 is 0. The van der Waals surface area contributed by atoms with E-state index in [1.165, 1.54) is 0 Å². The van der Waals surface area contributed by atoms with Gasteiger partial charge in [-0.2, -0.15) is 0 Å². The van der Waals surface area contributed by atoms with Gasteiger partial charge in [-0.25, -0.2) is 0 Å². The van der Waals surface area contributed by atoms with E-state index in [2.05, 4.69) is 19.2 Å². The fraction of sp³-hybridized carbons (Fsp3) is 0.579. The molecule has 0 aliphatic heterocycles. The van der Waals surface area contributed by atoms with Gasteiger partial charge in [0.05, 0.1) is 25.3 Å². The van der Waals surface area contributed by atoms with Gasteiger partial charge in [0.25, 0.3) is 0 Å². The molecule has 2 atom stereocenters. The second-order valence-corrected chi connectivity index (χ2v) is 7.66. The Morgan fingerprint density at radius 1 is 1.12 bits per heavy atom. The highest BCUT2D eigenvalue weighted by Crippen LogP contribution is 2.70. The molecule has 0 unspecified atom stereocenters. The lowest BCUT2D eigenvalue weighted by molar-refractivity contribution is -0.131. The Morgan fingerprint density at radius 3 is 2.33 bits per heavy atom. The third-order valence-electron chi connectivity index (χ3n) is 6.80. The van der Waals surface area contributed by atoms with Crippen LogP contribution >= 0.6 is 0 Å². The number of anilines is 1. The summed E-state index contributed by atoms with van der Waals surface area (Å²) in [7, 11) is 3.14. The van der Waals surface area contributed by atoms with Crippen LogP contribution in [0.5, 0.6) is 11.5 Å². The molecule has 2 aliphatic rings. The van der Waals surface area contributed by atoms with E-state index in [9.17, 15) is 9.59 Å². The molecule has 2 saturated carbocycles. The predicted octanol–water partition coefficient (Wildman–Crippen LogP) is 3.43. The van der Waals surface area contributed by atoms with E-state index in [0.717, 1.165) is 12.8 Å². The number of hydrogen-bond acceptors (Lipinski definition) is 4. The van der Waals surface area contributed by atoms with E-state index in [1.54, 1.807) is 32.4 Å². The van der Waals surface area contributed by atoms with Crippen molar-refractivity contribution in [3.63, 3.8) is 0 Å². The van der Waals surface area contributed by atoms with E-state index in [0.29, 0.717) is 23.6 Å². The number of hydrogen-bond donors (Lipinski definition) is 1. The van der Waals surface area contributed by atoms with Crippen LogP contribution in [-0.2, 0) is 9.59 Å². The van der Waals surface area contributed by atoms with Crippen molar-refractivity contribution in [3.8, 4) is 11.5 Å². The van der Waals surface area contributed by atoms with Gasteiger partial charge in [0.1, 0.15) is 17.3 Å². The maximum Gasteiger partial charge on any atom is 0.231 e. The first-order chi connectivity index (χ1) is 11.2. The molecule has 1 amide bonds. The number of carbonyl (C=O) groups excluding carboxylic acids is 2. The molecule has 3 rings (SSSR count). The van der Waals surface area contributed by atoms with Crippen LogP contribution in [0.4, 0.5) is 5.69 Å². The molecule has 0 heterocycles. The minimum atomic E-state index is -0.649. The number of fused-ring (bicyclic) bond motifs is 2. The van der Waals surface area contributed by atoms with Crippen LogP contribution in [0, 0.1) is 16.2 Å². The summed E-state index contributed by atoms with van der Waals surface area (Å²) in [4.78, 5) is 25.7. The van der Waals surface area contributed by atoms with Crippen molar-refractivity contribution in [2.45, 2.75) is 40.0 Å². The Labute approximate surface area is 142 Å². The third kappa shape index (κ3) is 1.93. The van der Waals surface area contributed by atoms with Gasteiger partial charge in [-0.1, -0.05) is 20.8 Å². The number of ether oxygens (including phenoxy) is 2. The second kappa shape index (κ2) is 5.23. The largest absolute Gasteiger partial charge is 0.497 e. The standard InChI is InChI=1S/C19H25NO4/c1-17(2)18(3)8-9-19(17,11-15(18)21)16(22)20-13-7-6-12(23-4)10-14(13)24-5/h6-7,10H,8-9,11H2,1-5H3,(H,20,22)/t18-,19-/m0/s1. The molecule has 5 nitrogen and oxygen atoms in total. The summed E-state index contributed by atoms with van der Waals surface area (Å²) in [6.07, 6.45) is 1.83. The van der Waals surface area contributed by atoms with Crippen LogP contribution in [0.3, 0.4) is 0 Å². The van der Waals surface area contributed by atoms with Gasteiger partial charge >= 0.3 is 0 Å². The maximum absolute atomic E-state index is 13.2. The summed E-state index contributed by atoms with van der Waals surface area (Å²) in [6, 6.07) is 5.28. The first kappa shape index (κ1) is 16.8. The van der Waals surface area contributed by atoms with E-state index in [4.69, 9.17) is 9.47 Å². The SMILES string of the molecule is COc1ccc(NC(=O)[C@]23CC[C@@](C)(C(=O)C2)C3(C)C)c(OC)c1. The van der Waals surface area contributed by atoms with E-state index < -0.39 is 10.8 Å². The molecule has 1 N–H and O–H groups in total. The lowest BCUT2D eigenvalue weighted by Gasteiger charge is -2.38. The molecule has 0 saturated heterocycles. The highest BCUT2D eigenvalue weighted by atomic mass is 16.5. The quantitative estimate of drug-likeness (QED) is 0.918. The molecule has 130 valence electrons. The average molecular weight is 331 g/mol. The number of carbonyl (C=O) groups is 2. The Hall–Kier alpha value is -2.04. The van der Waals surface area contributed by atoms with Crippen LogP contribution in [0.1, 0.15) is 40.0 Å². The normalized spacial score (nSPS) is 30.3.